The van der Waals surface area contributed by atoms with Gasteiger partial charge in [-0.05, 0) is 70.7 Å². The zero-order chi connectivity index (χ0) is 27.8. The van der Waals surface area contributed by atoms with Crippen LogP contribution in [0.4, 0.5) is 10.6 Å². The third kappa shape index (κ3) is 6.19. The summed E-state index contributed by atoms with van der Waals surface area (Å²) in [6.45, 7) is 8.56. The quantitative estimate of drug-likeness (QED) is 0.586. The van der Waals surface area contributed by atoms with Crippen molar-refractivity contribution in [2.24, 2.45) is 5.41 Å². The lowest BCUT2D eigenvalue weighted by molar-refractivity contribution is -0.0455. The highest BCUT2D eigenvalue weighted by Crippen LogP contribution is 2.41. The van der Waals surface area contributed by atoms with Gasteiger partial charge in [-0.1, -0.05) is 11.6 Å². The van der Waals surface area contributed by atoms with Gasteiger partial charge in [-0.3, -0.25) is 4.79 Å². The van der Waals surface area contributed by atoms with Crippen molar-refractivity contribution in [2.45, 2.75) is 64.2 Å². The summed E-state index contributed by atoms with van der Waals surface area (Å²) in [5.74, 6) is 1.14. The number of amides is 2. The first-order chi connectivity index (χ1) is 18.5. The molecule has 0 atom stereocenters. The van der Waals surface area contributed by atoms with Crippen molar-refractivity contribution in [1.82, 2.24) is 20.4 Å². The van der Waals surface area contributed by atoms with Crippen LogP contribution in [0.5, 0.6) is 5.75 Å². The van der Waals surface area contributed by atoms with E-state index in [4.69, 9.17) is 26.3 Å². The standard InChI is InChI=1S/C28H33ClN6O4/c1-27(2,3)39-26(37)35-16-28(17-35)14-34(15-28)24-11-10-23(32-33-24)25(36)31-19-5-8-20(9-6-19)38-21-7-4-18(13-30)22(29)12-21/h4,7,10-12,19-20H,5-6,8-9,14-17H2,1-3H3,(H,31,36)/t19-,20-. The first kappa shape index (κ1) is 27.0. The summed E-state index contributed by atoms with van der Waals surface area (Å²) in [4.78, 5) is 28.8. The predicted octanol–water partition coefficient (Wildman–Crippen LogP) is 4.18. The Kier molecular flexibility index (Phi) is 7.29. The van der Waals surface area contributed by atoms with Gasteiger partial charge in [0, 0.05) is 43.7 Å². The molecular formula is C28H33ClN6O4. The largest absolute Gasteiger partial charge is 0.490 e. The number of hydrogen-bond acceptors (Lipinski definition) is 8. The maximum absolute atomic E-state index is 12.8. The normalized spacial score (nSPS) is 21.8. The molecule has 1 aromatic heterocycles. The van der Waals surface area contributed by atoms with E-state index in [1.165, 1.54) is 0 Å². The van der Waals surface area contributed by atoms with Crippen molar-refractivity contribution in [3.8, 4) is 11.8 Å². The molecule has 2 saturated heterocycles. The number of ether oxygens (including phenoxy) is 2. The fraction of sp³-hybridized carbons (Fsp3) is 0.536. The van der Waals surface area contributed by atoms with E-state index in [0.29, 0.717) is 35.1 Å². The van der Waals surface area contributed by atoms with Gasteiger partial charge in [0.1, 0.15) is 17.4 Å². The van der Waals surface area contributed by atoms with Gasteiger partial charge in [-0.25, -0.2) is 4.79 Å². The Morgan fingerprint density at radius 3 is 2.38 bits per heavy atom. The molecule has 1 N–H and O–H groups in total. The molecule has 1 spiro atoms. The van der Waals surface area contributed by atoms with Crippen LogP contribution in [-0.2, 0) is 4.74 Å². The number of benzene rings is 1. The lowest BCUT2D eigenvalue weighted by Crippen LogP contribution is -2.73. The van der Waals surface area contributed by atoms with Crippen molar-refractivity contribution < 1.29 is 19.1 Å². The number of nitrogens with zero attached hydrogens (tertiary/aromatic N) is 5. The van der Waals surface area contributed by atoms with E-state index in [1.807, 2.05) is 32.9 Å². The first-order valence-corrected chi connectivity index (χ1v) is 13.6. The smallest absolute Gasteiger partial charge is 0.410 e. The predicted molar refractivity (Wildman–Crippen MR) is 145 cm³/mol. The van der Waals surface area contributed by atoms with Crippen LogP contribution >= 0.6 is 11.6 Å². The van der Waals surface area contributed by atoms with Crippen LogP contribution < -0.4 is 15.0 Å². The van der Waals surface area contributed by atoms with E-state index in [2.05, 4.69) is 20.4 Å². The molecule has 2 aliphatic heterocycles. The van der Waals surface area contributed by atoms with Gasteiger partial charge in [0.25, 0.3) is 5.91 Å². The Labute approximate surface area is 233 Å². The molecule has 0 bridgehead atoms. The van der Waals surface area contributed by atoms with E-state index in [0.717, 1.165) is 44.6 Å². The van der Waals surface area contributed by atoms with Crippen LogP contribution in [0.15, 0.2) is 30.3 Å². The summed E-state index contributed by atoms with van der Waals surface area (Å²) in [6.07, 6.45) is 2.96. The monoisotopic (exact) mass is 552 g/mol. The highest BCUT2D eigenvalue weighted by atomic mass is 35.5. The molecule has 10 nitrogen and oxygen atoms in total. The van der Waals surface area contributed by atoms with Crippen LogP contribution in [0.2, 0.25) is 5.02 Å². The van der Waals surface area contributed by atoms with Crippen molar-refractivity contribution in [3.05, 3.63) is 46.6 Å². The van der Waals surface area contributed by atoms with Gasteiger partial charge in [0.15, 0.2) is 11.5 Å². The third-order valence-electron chi connectivity index (χ3n) is 7.34. The summed E-state index contributed by atoms with van der Waals surface area (Å²) in [7, 11) is 0. The Morgan fingerprint density at radius 2 is 1.79 bits per heavy atom. The molecule has 2 aromatic rings. The molecule has 39 heavy (non-hydrogen) atoms. The summed E-state index contributed by atoms with van der Waals surface area (Å²) in [5, 5.41) is 20.9. The minimum atomic E-state index is -0.495. The highest BCUT2D eigenvalue weighted by molar-refractivity contribution is 6.31. The summed E-state index contributed by atoms with van der Waals surface area (Å²) >= 11 is 6.10. The Balaban J connectivity index is 1.04. The molecule has 0 unspecified atom stereocenters. The summed E-state index contributed by atoms with van der Waals surface area (Å²) < 4.78 is 11.5. The van der Waals surface area contributed by atoms with Crippen LogP contribution in [0.1, 0.15) is 62.5 Å². The Bertz CT molecular complexity index is 1270. The SMILES string of the molecule is CC(C)(C)OC(=O)N1CC2(C1)CN(c1ccc(C(=O)N[C@H]3CC[C@H](Oc4ccc(C#N)c(Cl)c4)CC3)nn1)C2. The number of nitrogens with one attached hydrogen (secondary N) is 1. The minimum Gasteiger partial charge on any atom is -0.490 e. The molecule has 0 radical (unpaired) electrons. The molecule has 2 amide bonds. The number of halogens is 1. The first-order valence-electron chi connectivity index (χ1n) is 13.3. The van der Waals surface area contributed by atoms with Crippen molar-refractivity contribution in [2.75, 3.05) is 31.1 Å². The van der Waals surface area contributed by atoms with Crippen LogP contribution in [0, 0.1) is 16.7 Å². The zero-order valence-electron chi connectivity index (χ0n) is 22.4. The Morgan fingerprint density at radius 1 is 1.08 bits per heavy atom. The number of anilines is 1. The van der Waals surface area contributed by atoms with Gasteiger partial charge < -0.3 is 24.6 Å². The van der Waals surface area contributed by atoms with Gasteiger partial charge in [0.05, 0.1) is 16.7 Å². The minimum absolute atomic E-state index is 0.0351. The second kappa shape index (κ2) is 10.5. The lowest BCUT2D eigenvalue weighted by atomic mass is 9.73. The molecule has 1 aromatic carbocycles. The van der Waals surface area contributed by atoms with Gasteiger partial charge >= 0.3 is 6.09 Å². The van der Waals surface area contributed by atoms with E-state index in [9.17, 15) is 9.59 Å². The summed E-state index contributed by atoms with van der Waals surface area (Å²) in [6, 6.07) is 10.7. The van der Waals surface area contributed by atoms with Crippen molar-refractivity contribution in [3.63, 3.8) is 0 Å². The highest BCUT2D eigenvalue weighted by Gasteiger charge is 2.54. The molecule has 3 fully saturated rings. The van der Waals surface area contributed by atoms with Crippen molar-refractivity contribution >= 4 is 29.4 Å². The van der Waals surface area contributed by atoms with E-state index in [-0.39, 0.29) is 29.6 Å². The number of carbonyl (C=O) groups excluding carboxylic acids is 2. The maximum Gasteiger partial charge on any atom is 0.410 e. The third-order valence-corrected chi connectivity index (χ3v) is 7.65. The van der Waals surface area contributed by atoms with Crippen LogP contribution in [0.25, 0.3) is 0 Å². The molecule has 11 heteroatoms. The lowest BCUT2D eigenvalue weighted by Gasteiger charge is -2.60. The van der Waals surface area contributed by atoms with Gasteiger partial charge in [-0.2, -0.15) is 5.26 Å². The summed E-state index contributed by atoms with van der Waals surface area (Å²) in [5.41, 5.74) is 0.305. The molecule has 3 heterocycles. The number of likely N-dealkylation sites (tertiary alicyclic amines) is 1. The molecule has 1 saturated carbocycles. The van der Waals surface area contributed by atoms with E-state index in [1.54, 1.807) is 29.2 Å². The number of rotatable bonds is 5. The second-order valence-electron chi connectivity index (χ2n) is 11.8. The van der Waals surface area contributed by atoms with Crippen LogP contribution in [-0.4, -0.2) is 71.0 Å². The van der Waals surface area contributed by atoms with Gasteiger partial charge in [-0.15, -0.1) is 10.2 Å². The van der Waals surface area contributed by atoms with E-state index < -0.39 is 5.60 Å². The van der Waals surface area contributed by atoms with Crippen LogP contribution in [0.3, 0.4) is 0 Å². The second-order valence-corrected chi connectivity index (χ2v) is 12.2. The average Bonchev–Trinajstić information content (AvgIpc) is 2.83. The number of carbonyl (C=O) groups is 2. The van der Waals surface area contributed by atoms with E-state index >= 15 is 0 Å². The number of aromatic nitrogens is 2. The molecule has 5 rings (SSSR count). The van der Waals surface area contributed by atoms with Gasteiger partial charge in [0.2, 0.25) is 0 Å². The topological polar surface area (TPSA) is 121 Å². The van der Waals surface area contributed by atoms with Crippen molar-refractivity contribution in [1.29, 1.82) is 5.26 Å². The fourth-order valence-electron chi connectivity index (χ4n) is 5.40. The molecule has 1 aliphatic carbocycles. The number of nitriles is 1. The molecule has 206 valence electrons. The number of hydrogen-bond donors (Lipinski definition) is 1. The maximum atomic E-state index is 12.8. The fourth-order valence-corrected chi connectivity index (χ4v) is 5.61. The zero-order valence-corrected chi connectivity index (χ0v) is 23.2. The molecular weight excluding hydrogens is 520 g/mol. The Hall–Kier alpha value is -3.58. The average molecular weight is 553 g/mol. The molecule has 3 aliphatic rings.